The first-order chi connectivity index (χ1) is 11.5. The number of aromatic amines is 1. The highest BCUT2D eigenvalue weighted by molar-refractivity contribution is 9.10. The van der Waals surface area contributed by atoms with Crippen LogP contribution in [0.15, 0.2) is 34.9 Å². The van der Waals surface area contributed by atoms with Gasteiger partial charge in [0.05, 0.1) is 6.61 Å². The molecule has 0 aliphatic heterocycles. The van der Waals surface area contributed by atoms with E-state index in [0.717, 1.165) is 15.8 Å². The van der Waals surface area contributed by atoms with Crippen LogP contribution in [0.1, 0.15) is 28.9 Å². The molecule has 24 heavy (non-hydrogen) atoms. The molecule has 0 atom stereocenters. The Bertz CT molecular complexity index is 733. The number of ether oxygens (including phenoxy) is 1. The first-order valence-electron chi connectivity index (χ1n) is 7.28. The van der Waals surface area contributed by atoms with Crippen molar-refractivity contribution in [2.45, 2.75) is 19.8 Å². The summed E-state index contributed by atoms with van der Waals surface area (Å²) in [6, 6.07) is 6.99. The topological polar surface area (TPSA) is 83.2 Å². The number of hydrogen-bond donors (Lipinski definition) is 3. The standard InChI is InChI=1S/C16H17BrClN3O3/c1-10-7-12(18)4-5-14(10)24-6-2-3-15(22)20-21-16(23)13-8-11(17)9-19-13/h4-5,7-9,19H,2-3,6H2,1H3,(H,20,22)(H,21,23). The molecule has 0 saturated carbocycles. The van der Waals surface area contributed by atoms with Crippen LogP contribution in [-0.2, 0) is 4.79 Å². The summed E-state index contributed by atoms with van der Waals surface area (Å²) in [6.07, 6.45) is 2.39. The zero-order chi connectivity index (χ0) is 17.5. The molecule has 0 bridgehead atoms. The van der Waals surface area contributed by atoms with E-state index in [2.05, 4.69) is 31.8 Å². The van der Waals surface area contributed by atoms with Crippen molar-refractivity contribution in [3.8, 4) is 5.75 Å². The van der Waals surface area contributed by atoms with E-state index in [9.17, 15) is 9.59 Å². The van der Waals surface area contributed by atoms with Gasteiger partial charge in [-0.3, -0.25) is 20.4 Å². The number of nitrogens with one attached hydrogen (secondary N) is 3. The van der Waals surface area contributed by atoms with Crippen molar-refractivity contribution < 1.29 is 14.3 Å². The molecule has 1 aromatic heterocycles. The number of aryl methyl sites for hydroxylation is 1. The Morgan fingerprint density at radius 3 is 2.75 bits per heavy atom. The Morgan fingerprint density at radius 2 is 2.08 bits per heavy atom. The molecule has 2 amide bonds. The molecular formula is C16H17BrClN3O3. The minimum Gasteiger partial charge on any atom is -0.493 e. The van der Waals surface area contributed by atoms with Gasteiger partial charge in [0, 0.05) is 22.1 Å². The van der Waals surface area contributed by atoms with E-state index in [1.165, 1.54) is 0 Å². The Balaban J connectivity index is 1.65. The van der Waals surface area contributed by atoms with Gasteiger partial charge in [-0.05, 0) is 59.1 Å². The van der Waals surface area contributed by atoms with Gasteiger partial charge in [-0.1, -0.05) is 11.6 Å². The Kier molecular flexibility index (Phi) is 6.69. The Hall–Kier alpha value is -1.99. The molecule has 1 aromatic carbocycles. The van der Waals surface area contributed by atoms with Crippen molar-refractivity contribution in [1.82, 2.24) is 15.8 Å². The summed E-state index contributed by atoms with van der Waals surface area (Å²) in [7, 11) is 0. The first kappa shape index (κ1) is 18.4. The van der Waals surface area contributed by atoms with Crippen LogP contribution in [0.25, 0.3) is 0 Å². The van der Waals surface area contributed by atoms with Gasteiger partial charge < -0.3 is 9.72 Å². The van der Waals surface area contributed by atoms with E-state index in [4.69, 9.17) is 16.3 Å². The zero-order valence-electron chi connectivity index (χ0n) is 13.0. The molecule has 1 heterocycles. The maximum absolute atomic E-state index is 11.7. The van der Waals surface area contributed by atoms with Crippen LogP contribution in [0.3, 0.4) is 0 Å². The predicted octanol–water partition coefficient (Wildman–Crippen LogP) is 3.36. The van der Waals surface area contributed by atoms with Gasteiger partial charge in [-0.15, -0.1) is 0 Å². The van der Waals surface area contributed by atoms with Crippen LogP contribution in [0.5, 0.6) is 5.75 Å². The largest absolute Gasteiger partial charge is 0.493 e. The van der Waals surface area contributed by atoms with Gasteiger partial charge in [0.1, 0.15) is 11.4 Å². The van der Waals surface area contributed by atoms with Crippen molar-refractivity contribution in [3.63, 3.8) is 0 Å². The van der Waals surface area contributed by atoms with Crippen LogP contribution in [0.2, 0.25) is 5.02 Å². The van der Waals surface area contributed by atoms with Crippen molar-refractivity contribution in [2.75, 3.05) is 6.61 Å². The number of hydrazine groups is 1. The molecule has 0 unspecified atom stereocenters. The van der Waals surface area contributed by atoms with Crippen LogP contribution < -0.4 is 15.6 Å². The number of aromatic nitrogens is 1. The molecule has 6 nitrogen and oxygen atoms in total. The number of H-pyrrole nitrogens is 1. The normalized spacial score (nSPS) is 10.3. The van der Waals surface area contributed by atoms with Crippen molar-refractivity contribution in [1.29, 1.82) is 0 Å². The lowest BCUT2D eigenvalue weighted by molar-refractivity contribution is -0.122. The molecule has 128 valence electrons. The summed E-state index contributed by atoms with van der Waals surface area (Å²) in [5, 5.41) is 0.657. The van der Waals surface area contributed by atoms with Gasteiger partial charge in [-0.2, -0.15) is 0 Å². The lowest BCUT2D eigenvalue weighted by atomic mass is 10.2. The molecule has 0 spiro atoms. The van der Waals surface area contributed by atoms with Gasteiger partial charge in [0.15, 0.2) is 0 Å². The summed E-state index contributed by atoms with van der Waals surface area (Å²) in [5.74, 6) is 0.0397. The van der Waals surface area contributed by atoms with Gasteiger partial charge in [-0.25, -0.2) is 0 Å². The number of hydrogen-bond acceptors (Lipinski definition) is 3. The fraction of sp³-hybridized carbons (Fsp3) is 0.250. The molecule has 0 aliphatic rings. The van der Waals surface area contributed by atoms with Crippen molar-refractivity contribution >= 4 is 39.3 Å². The summed E-state index contributed by atoms with van der Waals surface area (Å²) < 4.78 is 6.36. The van der Waals surface area contributed by atoms with Gasteiger partial charge >= 0.3 is 0 Å². The molecule has 0 saturated heterocycles. The van der Waals surface area contributed by atoms with Crippen LogP contribution in [0.4, 0.5) is 0 Å². The van der Waals surface area contributed by atoms with E-state index in [1.54, 1.807) is 24.4 Å². The molecule has 0 radical (unpaired) electrons. The maximum atomic E-state index is 11.7. The van der Waals surface area contributed by atoms with E-state index in [0.29, 0.717) is 23.7 Å². The lowest BCUT2D eigenvalue weighted by Gasteiger charge is -2.09. The monoisotopic (exact) mass is 413 g/mol. The predicted molar refractivity (Wildman–Crippen MR) is 95.0 cm³/mol. The number of benzene rings is 1. The van der Waals surface area contributed by atoms with E-state index in [1.807, 2.05) is 13.0 Å². The first-order valence-corrected chi connectivity index (χ1v) is 8.45. The minimum atomic E-state index is -0.415. The molecule has 8 heteroatoms. The third-order valence-electron chi connectivity index (χ3n) is 3.15. The average Bonchev–Trinajstić information content (AvgIpc) is 2.97. The fourth-order valence-corrected chi connectivity index (χ4v) is 2.51. The minimum absolute atomic E-state index is 0.237. The highest BCUT2D eigenvalue weighted by atomic mass is 79.9. The number of carbonyl (C=O) groups excluding carboxylic acids is 2. The molecule has 2 aromatic rings. The Labute approximate surface area is 153 Å². The van der Waals surface area contributed by atoms with E-state index in [-0.39, 0.29) is 12.3 Å². The zero-order valence-corrected chi connectivity index (χ0v) is 15.3. The van der Waals surface area contributed by atoms with Crippen LogP contribution in [0, 0.1) is 6.92 Å². The summed E-state index contributed by atoms with van der Waals surface area (Å²) in [6.45, 7) is 2.30. The molecular weight excluding hydrogens is 398 g/mol. The fourth-order valence-electron chi connectivity index (χ4n) is 1.94. The quantitative estimate of drug-likeness (QED) is 0.501. The van der Waals surface area contributed by atoms with E-state index >= 15 is 0 Å². The molecule has 0 fully saturated rings. The number of rotatable bonds is 6. The van der Waals surface area contributed by atoms with Gasteiger partial charge in [0.25, 0.3) is 5.91 Å². The summed E-state index contributed by atoms with van der Waals surface area (Å²) >= 11 is 9.11. The highest BCUT2D eigenvalue weighted by Crippen LogP contribution is 2.21. The maximum Gasteiger partial charge on any atom is 0.286 e. The second-order valence-electron chi connectivity index (χ2n) is 5.10. The Morgan fingerprint density at radius 1 is 1.29 bits per heavy atom. The molecule has 2 rings (SSSR count). The molecule has 0 aliphatic carbocycles. The summed E-state index contributed by atoms with van der Waals surface area (Å²) in [5.41, 5.74) is 5.99. The van der Waals surface area contributed by atoms with Gasteiger partial charge in [0.2, 0.25) is 5.91 Å². The van der Waals surface area contributed by atoms with Crippen molar-refractivity contribution in [3.05, 3.63) is 51.2 Å². The lowest BCUT2D eigenvalue weighted by Crippen LogP contribution is -2.41. The second kappa shape index (κ2) is 8.75. The number of carbonyl (C=O) groups is 2. The van der Waals surface area contributed by atoms with E-state index < -0.39 is 5.91 Å². The SMILES string of the molecule is Cc1cc(Cl)ccc1OCCCC(=O)NNC(=O)c1cc(Br)c[nH]1. The third kappa shape index (κ3) is 5.58. The third-order valence-corrected chi connectivity index (χ3v) is 3.84. The van der Waals surface area contributed by atoms with Crippen molar-refractivity contribution in [2.24, 2.45) is 0 Å². The highest BCUT2D eigenvalue weighted by Gasteiger charge is 2.09. The second-order valence-corrected chi connectivity index (χ2v) is 6.45. The smallest absolute Gasteiger partial charge is 0.286 e. The summed E-state index contributed by atoms with van der Waals surface area (Å²) in [4.78, 5) is 26.2. The average molecular weight is 415 g/mol. The van der Waals surface area contributed by atoms with Crippen LogP contribution in [-0.4, -0.2) is 23.4 Å². The number of halogens is 2. The number of amides is 2. The van der Waals surface area contributed by atoms with Crippen LogP contribution >= 0.6 is 27.5 Å². The molecule has 3 N–H and O–H groups in total.